The van der Waals surface area contributed by atoms with Crippen molar-refractivity contribution in [1.29, 1.82) is 0 Å². The van der Waals surface area contributed by atoms with E-state index in [0.717, 1.165) is 38.5 Å². The van der Waals surface area contributed by atoms with Crippen LogP contribution >= 0.6 is 0 Å². The molecular weight excluding hydrogens is 422 g/mol. The van der Waals surface area contributed by atoms with Crippen molar-refractivity contribution < 1.29 is 23.9 Å². The first-order chi connectivity index (χ1) is 15.9. The summed E-state index contributed by atoms with van der Waals surface area (Å²) in [5.74, 6) is -1.03. The van der Waals surface area contributed by atoms with Crippen LogP contribution < -0.4 is 5.73 Å². The van der Waals surface area contributed by atoms with Crippen molar-refractivity contribution in [2.24, 2.45) is 11.7 Å². The highest BCUT2D eigenvalue weighted by molar-refractivity contribution is 5.81. The minimum absolute atomic E-state index is 0.0755. The van der Waals surface area contributed by atoms with E-state index in [1.165, 1.54) is 12.7 Å². The molecule has 1 aliphatic carbocycles. The molecule has 1 saturated carbocycles. The molecule has 3 unspecified atom stereocenters. The Morgan fingerprint density at radius 3 is 2.45 bits per heavy atom. The van der Waals surface area contributed by atoms with E-state index in [0.29, 0.717) is 17.9 Å². The number of carbonyl (C=O) groups excluding carboxylic acids is 2. The Kier molecular flexibility index (Phi) is 6.71. The fourth-order valence-corrected chi connectivity index (χ4v) is 5.65. The molecular formula is C24H32N5O4+. The molecule has 0 radical (unpaired) electrons. The number of amides is 1. The number of hydrogen-bond donors (Lipinski definition) is 2. The maximum Gasteiger partial charge on any atom is 0.343 e. The Balaban J connectivity index is 1.55. The van der Waals surface area contributed by atoms with Crippen molar-refractivity contribution in [1.82, 2.24) is 15.0 Å². The fraction of sp³-hybridized carbons (Fsp3) is 0.542. The van der Waals surface area contributed by atoms with Crippen LogP contribution in [-0.2, 0) is 19.9 Å². The van der Waals surface area contributed by atoms with Gasteiger partial charge in [-0.25, -0.2) is 19.7 Å². The zero-order valence-corrected chi connectivity index (χ0v) is 19.0. The summed E-state index contributed by atoms with van der Waals surface area (Å²) in [6, 6.07) is 8.10. The van der Waals surface area contributed by atoms with E-state index >= 15 is 0 Å². The van der Waals surface area contributed by atoms with Gasteiger partial charge in [0.05, 0.1) is 13.6 Å². The van der Waals surface area contributed by atoms with Crippen molar-refractivity contribution in [3.63, 3.8) is 0 Å². The molecule has 3 N–H and O–H groups in total. The fourth-order valence-electron chi connectivity index (χ4n) is 5.65. The largest absolute Gasteiger partial charge is 0.457 e. The number of quaternary nitrogens is 1. The normalized spacial score (nSPS) is 25.9. The molecule has 2 heterocycles. The second kappa shape index (κ2) is 9.52. The third-order valence-corrected chi connectivity index (χ3v) is 7.51. The van der Waals surface area contributed by atoms with Crippen LogP contribution in [-0.4, -0.2) is 62.7 Å². The lowest BCUT2D eigenvalue weighted by molar-refractivity contribution is -0.942. The molecule has 0 bridgehead atoms. The number of nitrogens with two attached hydrogens (primary N) is 1. The molecule has 1 aromatic heterocycles. The second-order valence-electron chi connectivity index (χ2n) is 9.38. The van der Waals surface area contributed by atoms with E-state index in [9.17, 15) is 14.7 Å². The summed E-state index contributed by atoms with van der Waals surface area (Å²) < 4.78 is 6.06. The molecule has 1 amide bonds. The van der Waals surface area contributed by atoms with Gasteiger partial charge in [0.2, 0.25) is 6.04 Å². The Morgan fingerprint density at radius 2 is 1.82 bits per heavy atom. The first-order valence-corrected chi connectivity index (χ1v) is 11.6. The highest BCUT2D eigenvalue weighted by Gasteiger charge is 2.52. The molecule has 2 aromatic rings. The van der Waals surface area contributed by atoms with Gasteiger partial charge >= 0.3 is 5.97 Å². The zero-order chi connectivity index (χ0) is 23.5. The lowest BCUT2D eigenvalue weighted by Crippen LogP contribution is -2.57. The number of benzene rings is 1. The quantitative estimate of drug-likeness (QED) is 0.458. The van der Waals surface area contributed by atoms with Crippen molar-refractivity contribution in [2.45, 2.75) is 56.2 Å². The summed E-state index contributed by atoms with van der Waals surface area (Å²) in [5, 5.41) is 11.6. The number of aromatic nitrogens is 3. The number of ether oxygens (including phenoxy) is 1. The van der Waals surface area contributed by atoms with E-state index < -0.39 is 23.5 Å². The number of likely N-dealkylation sites (N-methyl/N-ethyl adjacent to an activating group) is 1. The Labute approximate surface area is 193 Å². The lowest BCUT2D eigenvalue weighted by atomic mass is 9.80. The van der Waals surface area contributed by atoms with Crippen LogP contribution in [0.25, 0.3) is 0 Å². The first kappa shape index (κ1) is 23.3. The summed E-state index contributed by atoms with van der Waals surface area (Å²) >= 11 is 0. The molecule has 33 heavy (non-hydrogen) atoms. The molecule has 1 aromatic carbocycles. The van der Waals surface area contributed by atoms with Gasteiger partial charge in [0.15, 0.2) is 11.4 Å². The molecule has 1 saturated heterocycles. The van der Waals surface area contributed by atoms with Crippen molar-refractivity contribution in [2.75, 3.05) is 20.2 Å². The average molecular weight is 455 g/mol. The topological polar surface area (TPSA) is 128 Å². The van der Waals surface area contributed by atoms with Crippen molar-refractivity contribution in [3.8, 4) is 0 Å². The monoisotopic (exact) mass is 454 g/mol. The summed E-state index contributed by atoms with van der Waals surface area (Å²) in [7, 11) is 1.92. The van der Waals surface area contributed by atoms with E-state index in [4.69, 9.17) is 10.5 Å². The van der Waals surface area contributed by atoms with Gasteiger partial charge in [0.25, 0.3) is 5.91 Å². The number of rotatable bonds is 8. The number of likely N-dealkylation sites (tertiary alicyclic amines) is 1. The standard InChI is InChI=1S/C24H31N5O4/c1-29(20(21(25)30)22-27-15-26-16-28-22)13-7-12-19(29)14-33-23(31)24(32,18-10-5-6-11-18)17-8-3-2-4-9-17/h2-4,8-9,15-16,18-20,32H,5-7,10-14H2,1H3,(H-,25,30)/p+1/t19?,20?,24?,29-/m1/s1. The van der Waals surface area contributed by atoms with Crippen LogP contribution in [0.4, 0.5) is 0 Å². The summed E-state index contributed by atoms with van der Waals surface area (Å²) in [5.41, 5.74) is 4.65. The predicted octanol–water partition coefficient (Wildman–Crippen LogP) is 1.63. The van der Waals surface area contributed by atoms with Crippen LogP contribution in [0.1, 0.15) is 56.0 Å². The minimum Gasteiger partial charge on any atom is -0.457 e. The molecule has 2 aliphatic rings. The van der Waals surface area contributed by atoms with Crippen molar-refractivity contribution >= 4 is 11.9 Å². The Hall–Kier alpha value is -2.91. The van der Waals surface area contributed by atoms with E-state index in [2.05, 4.69) is 15.0 Å². The average Bonchev–Trinajstić information content (AvgIpc) is 3.49. The highest BCUT2D eigenvalue weighted by atomic mass is 16.6. The van der Waals surface area contributed by atoms with Crippen LogP contribution in [0.2, 0.25) is 0 Å². The van der Waals surface area contributed by atoms with Gasteiger partial charge in [-0.15, -0.1) is 0 Å². The molecule has 1 aliphatic heterocycles. The van der Waals surface area contributed by atoms with Gasteiger partial charge < -0.3 is 20.1 Å². The number of primary amides is 1. The zero-order valence-electron chi connectivity index (χ0n) is 19.0. The van der Waals surface area contributed by atoms with Gasteiger partial charge in [-0.2, -0.15) is 0 Å². The van der Waals surface area contributed by atoms with Gasteiger partial charge in [0, 0.05) is 18.8 Å². The van der Waals surface area contributed by atoms with Crippen LogP contribution in [0, 0.1) is 5.92 Å². The molecule has 4 atom stereocenters. The van der Waals surface area contributed by atoms with Crippen LogP contribution in [0.15, 0.2) is 43.0 Å². The predicted molar refractivity (Wildman–Crippen MR) is 119 cm³/mol. The van der Waals surface area contributed by atoms with Crippen molar-refractivity contribution in [3.05, 3.63) is 54.4 Å². The SMILES string of the molecule is C[N@@+]1(C(C(N)=O)c2ncncn2)CCCC1COC(=O)C(O)(c1ccccc1)C1CCCC1. The number of nitrogens with zero attached hydrogens (tertiary/aromatic N) is 4. The first-order valence-electron chi connectivity index (χ1n) is 11.6. The maximum absolute atomic E-state index is 13.4. The number of carbonyl (C=O) groups is 2. The minimum atomic E-state index is -1.68. The molecule has 0 spiro atoms. The smallest absolute Gasteiger partial charge is 0.343 e. The van der Waals surface area contributed by atoms with Gasteiger partial charge in [-0.3, -0.25) is 4.79 Å². The van der Waals surface area contributed by atoms with E-state index in [1.54, 1.807) is 12.1 Å². The van der Waals surface area contributed by atoms with Gasteiger partial charge in [-0.05, 0) is 18.4 Å². The Morgan fingerprint density at radius 1 is 1.15 bits per heavy atom. The maximum atomic E-state index is 13.4. The third kappa shape index (κ3) is 4.35. The summed E-state index contributed by atoms with van der Waals surface area (Å²) in [6.07, 6.45) is 7.81. The molecule has 2 fully saturated rings. The summed E-state index contributed by atoms with van der Waals surface area (Å²) in [6.45, 7) is 0.749. The Bertz CT molecular complexity index is 969. The molecule has 9 nitrogen and oxygen atoms in total. The van der Waals surface area contributed by atoms with Crippen LogP contribution in [0.3, 0.4) is 0 Å². The third-order valence-electron chi connectivity index (χ3n) is 7.51. The van der Waals surface area contributed by atoms with Gasteiger partial charge in [-0.1, -0.05) is 43.2 Å². The number of esters is 1. The van der Waals surface area contributed by atoms with Crippen LogP contribution in [0.5, 0.6) is 0 Å². The number of hydrogen-bond acceptors (Lipinski definition) is 7. The van der Waals surface area contributed by atoms with E-state index in [1.807, 2.05) is 25.2 Å². The second-order valence-corrected chi connectivity index (χ2v) is 9.38. The lowest BCUT2D eigenvalue weighted by Gasteiger charge is -2.40. The molecule has 176 valence electrons. The molecule has 4 rings (SSSR count). The van der Waals surface area contributed by atoms with Gasteiger partial charge in [0.1, 0.15) is 25.3 Å². The highest BCUT2D eigenvalue weighted by Crippen LogP contribution is 2.42. The molecule has 9 heteroatoms. The summed E-state index contributed by atoms with van der Waals surface area (Å²) in [4.78, 5) is 38.0. The van der Waals surface area contributed by atoms with E-state index in [-0.39, 0.29) is 23.0 Å². The number of aliphatic hydroxyl groups is 1.